The quantitative estimate of drug-likeness (QED) is 0.692. The molecule has 0 N–H and O–H groups in total. The van der Waals surface area contributed by atoms with Crippen molar-refractivity contribution in [2.45, 2.75) is 20.3 Å². The summed E-state index contributed by atoms with van der Waals surface area (Å²) in [6, 6.07) is 8.24. The second kappa shape index (κ2) is 6.61. The molecule has 2 nitrogen and oxygen atoms in total. The maximum atomic E-state index is 12.4. The van der Waals surface area contributed by atoms with Gasteiger partial charge >= 0.3 is 7.68 Å². The van der Waals surface area contributed by atoms with Crippen LogP contribution < -0.4 is 4.52 Å². The van der Waals surface area contributed by atoms with Crippen molar-refractivity contribution in [3.8, 4) is 5.75 Å². The molecule has 0 radical (unpaired) electrons. The third-order valence-corrected chi connectivity index (χ3v) is 1.55. The molecule has 1 atom stereocenters. The lowest BCUT2D eigenvalue weighted by Crippen LogP contribution is -1.83. The van der Waals surface area contributed by atoms with E-state index in [9.17, 15) is 8.76 Å². The Hall–Kier alpha value is -0.820. The normalized spacial score (nSPS) is 13.4. The highest BCUT2D eigenvalue weighted by molar-refractivity contribution is 7.52. The molecular weight excluding hydrogens is 202 g/mol. The Kier molecular flexibility index (Phi) is 6.22. The van der Waals surface area contributed by atoms with Gasteiger partial charge in [-0.3, -0.25) is 0 Å². The van der Waals surface area contributed by atoms with Gasteiger partial charge in [-0.05, 0) is 12.1 Å². The highest BCUT2D eigenvalue weighted by Crippen LogP contribution is 2.44. The van der Waals surface area contributed by atoms with Gasteiger partial charge in [0.25, 0.3) is 0 Å². The lowest BCUT2D eigenvalue weighted by molar-refractivity contribution is 0.442. The van der Waals surface area contributed by atoms with Crippen molar-refractivity contribution >= 4 is 7.68 Å². The molecular formula is C10H16FO2P. The largest absolute Gasteiger partial charge is 0.422 e. The molecule has 80 valence electrons. The Bertz CT molecular complexity index is 281. The molecule has 0 aromatic heterocycles. The smallest absolute Gasteiger partial charge is 0.412 e. The number of rotatable bonds is 2. The average Bonchev–Trinajstić information content (AvgIpc) is 2.04. The van der Waals surface area contributed by atoms with Crippen LogP contribution in [0.25, 0.3) is 0 Å². The first-order valence-corrected chi connectivity index (χ1v) is 6.47. The molecule has 0 aliphatic rings. The SMILES string of the molecule is CCC.CP(=O)(F)Oc1ccccc1. The fourth-order valence-corrected chi connectivity index (χ4v) is 1.17. The van der Waals surface area contributed by atoms with Gasteiger partial charge in [0, 0.05) is 0 Å². The fraction of sp³-hybridized carbons (Fsp3) is 0.400. The zero-order chi connectivity index (χ0) is 11.0. The summed E-state index contributed by atoms with van der Waals surface area (Å²) in [6.07, 6.45) is 1.25. The van der Waals surface area contributed by atoms with Crippen molar-refractivity contribution in [3.63, 3.8) is 0 Å². The summed E-state index contributed by atoms with van der Waals surface area (Å²) in [5.74, 6) is 0.292. The van der Waals surface area contributed by atoms with Crippen LogP contribution in [0.1, 0.15) is 20.3 Å². The number of halogens is 1. The first kappa shape index (κ1) is 13.2. The Balaban J connectivity index is 0.000000500. The molecule has 0 saturated heterocycles. The van der Waals surface area contributed by atoms with E-state index in [4.69, 9.17) is 0 Å². The molecule has 0 spiro atoms. The zero-order valence-electron chi connectivity index (χ0n) is 8.74. The Morgan fingerprint density at radius 1 is 1.29 bits per heavy atom. The first-order valence-electron chi connectivity index (χ1n) is 4.51. The summed E-state index contributed by atoms with van der Waals surface area (Å²) in [4.78, 5) is 0. The second-order valence-corrected chi connectivity index (χ2v) is 4.53. The molecule has 1 aromatic carbocycles. The van der Waals surface area contributed by atoms with Crippen molar-refractivity contribution in [3.05, 3.63) is 30.3 Å². The molecule has 0 aliphatic heterocycles. The molecule has 4 heteroatoms. The van der Waals surface area contributed by atoms with Gasteiger partial charge in [-0.15, -0.1) is 4.20 Å². The van der Waals surface area contributed by atoms with Gasteiger partial charge in [-0.1, -0.05) is 38.5 Å². The highest BCUT2D eigenvalue weighted by Gasteiger charge is 2.13. The van der Waals surface area contributed by atoms with Gasteiger partial charge in [-0.25, -0.2) is 4.57 Å². The Labute approximate surface area is 84.7 Å². The third kappa shape index (κ3) is 7.81. The van der Waals surface area contributed by atoms with Gasteiger partial charge < -0.3 is 4.52 Å². The lowest BCUT2D eigenvalue weighted by Gasteiger charge is -2.04. The number of benzene rings is 1. The van der Waals surface area contributed by atoms with Crippen LogP contribution in [0.2, 0.25) is 0 Å². The first-order chi connectivity index (χ1) is 6.49. The van der Waals surface area contributed by atoms with Crippen LogP contribution >= 0.6 is 7.68 Å². The predicted octanol–water partition coefficient (Wildman–Crippen LogP) is 4.27. The maximum absolute atomic E-state index is 12.4. The topological polar surface area (TPSA) is 26.3 Å². The minimum atomic E-state index is -3.89. The van der Waals surface area contributed by atoms with Gasteiger partial charge in [0.1, 0.15) is 5.75 Å². The Morgan fingerprint density at radius 2 is 1.71 bits per heavy atom. The average molecular weight is 218 g/mol. The molecule has 1 aromatic rings. The van der Waals surface area contributed by atoms with Crippen LogP contribution in [0, 0.1) is 0 Å². The second-order valence-electron chi connectivity index (χ2n) is 2.86. The van der Waals surface area contributed by atoms with Gasteiger partial charge in [0.2, 0.25) is 0 Å². The minimum Gasteiger partial charge on any atom is -0.422 e. The fourth-order valence-electron chi connectivity index (χ4n) is 0.670. The molecule has 1 unspecified atom stereocenters. The molecule has 0 fully saturated rings. The van der Waals surface area contributed by atoms with Gasteiger partial charge in [0.05, 0.1) is 6.66 Å². The predicted molar refractivity (Wildman–Crippen MR) is 57.7 cm³/mol. The number of para-hydroxylation sites is 1. The lowest BCUT2D eigenvalue weighted by atomic mass is 10.3. The minimum absolute atomic E-state index is 0.292. The van der Waals surface area contributed by atoms with Crippen molar-refractivity contribution in [1.82, 2.24) is 0 Å². The maximum Gasteiger partial charge on any atom is 0.412 e. The third-order valence-electron chi connectivity index (χ3n) is 1.01. The molecule has 0 saturated carbocycles. The Morgan fingerprint density at radius 3 is 2.07 bits per heavy atom. The summed E-state index contributed by atoms with van der Waals surface area (Å²) < 4.78 is 27.4. The highest BCUT2D eigenvalue weighted by atomic mass is 31.2. The van der Waals surface area contributed by atoms with E-state index in [1.54, 1.807) is 30.3 Å². The molecule has 0 bridgehead atoms. The van der Waals surface area contributed by atoms with E-state index in [1.807, 2.05) is 0 Å². The van der Waals surface area contributed by atoms with E-state index in [0.717, 1.165) is 6.66 Å². The summed E-state index contributed by atoms with van der Waals surface area (Å²) in [5, 5.41) is 0. The number of hydrogen-bond donors (Lipinski definition) is 0. The van der Waals surface area contributed by atoms with Gasteiger partial charge in [0.15, 0.2) is 0 Å². The van der Waals surface area contributed by atoms with Crippen LogP contribution in [0.5, 0.6) is 5.75 Å². The monoisotopic (exact) mass is 218 g/mol. The van der Waals surface area contributed by atoms with Crippen LogP contribution in [0.3, 0.4) is 0 Å². The summed E-state index contributed by atoms with van der Waals surface area (Å²) >= 11 is 0. The standard InChI is InChI=1S/C7H8FO2P.C3H8/c1-11(8,9)10-7-5-3-2-4-6-7;1-3-2/h2-6H,1H3;3H2,1-2H3. The van der Waals surface area contributed by atoms with Crippen molar-refractivity contribution in [1.29, 1.82) is 0 Å². The zero-order valence-corrected chi connectivity index (χ0v) is 9.63. The molecule has 14 heavy (non-hydrogen) atoms. The van der Waals surface area contributed by atoms with Crippen LogP contribution in [0.15, 0.2) is 30.3 Å². The van der Waals surface area contributed by atoms with E-state index in [0.29, 0.717) is 5.75 Å². The summed E-state index contributed by atoms with van der Waals surface area (Å²) in [6.45, 7) is 5.18. The van der Waals surface area contributed by atoms with E-state index in [2.05, 4.69) is 18.4 Å². The van der Waals surface area contributed by atoms with E-state index < -0.39 is 7.68 Å². The summed E-state index contributed by atoms with van der Waals surface area (Å²) in [7, 11) is -3.89. The molecule has 0 aliphatic carbocycles. The molecule has 0 heterocycles. The van der Waals surface area contributed by atoms with Gasteiger partial charge in [-0.2, -0.15) is 0 Å². The van der Waals surface area contributed by atoms with Crippen LogP contribution in [0.4, 0.5) is 4.20 Å². The number of hydrogen-bond acceptors (Lipinski definition) is 2. The van der Waals surface area contributed by atoms with Crippen molar-refractivity contribution in [2.24, 2.45) is 0 Å². The van der Waals surface area contributed by atoms with E-state index >= 15 is 0 Å². The summed E-state index contributed by atoms with van der Waals surface area (Å²) in [5.41, 5.74) is 0. The van der Waals surface area contributed by atoms with Crippen molar-refractivity contribution in [2.75, 3.05) is 6.66 Å². The van der Waals surface area contributed by atoms with E-state index in [1.165, 1.54) is 6.42 Å². The van der Waals surface area contributed by atoms with E-state index in [-0.39, 0.29) is 0 Å². The molecule has 1 rings (SSSR count). The van der Waals surface area contributed by atoms with Crippen LogP contribution in [-0.4, -0.2) is 6.66 Å². The van der Waals surface area contributed by atoms with Crippen LogP contribution in [-0.2, 0) is 4.57 Å². The van der Waals surface area contributed by atoms with Crippen molar-refractivity contribution < 1.29 is 13.3 Å². The molecule has 0 amide bonds.